The molecule has 1 saturated heterocycles. The number of urea groups is 1. The molecule has 4 amide bonds. The van der Waals surface area contributed by atoms with Gasteiger partial charge in [-0.2, -0.15) is 0 Å². The van der Waals surface area contributed by atoms with Crippen molar-refractivity contribution in [3.05, 3.63) is 78.1 Å². The number of carbonyl (C=O) groups is 3. The predicted octanol–water partition coefficient (Wildman–Crippen LogP) is 3.38. The third-order valence-corrected chi connectivity index (χ3v) is 5.03. The molecule has 4 rings (SSSR count). The Balaban J connectivity index is 1.58. The van der Waals surface area contributed by atoms with Crippen LogP contribution in [0.15, 0.2) is 66.7 Å². The second-order valence-electron chi connectivity index (χ2n) is 7.03. The van der Waals surface area contributed by atoms with Crippen LogP contribution in [0, 0.1) is 5.82 Å². The van der Waals surface area contributed by atoms with Crippen LogP contribution in [0.1, 0.15) is 12.5 Å². The van der Waals surface area contributed by atoms with Crippen LogP contribution in [0.25, 0.3) is 10.8 Å². The molecule has 0 bridgehead atoms. The van der Waals surface area contributed by atoms with E-state index in [2.05, 4.69) is 10.6 Å². The Morgan fingerprint density at radius 2 is 1.72 bits per heavy atom. The highest BCUT2D eigenvalue weighted by atomic mass is 19.1. The SMILES string of the molecule is C[C@]1(c2cccc3ccccc23)NC(=O)N(CC(=O)Nc2ccc(F)cc2)C1=O. The summed E-state index contributed by atoms with van der Waals surface area (Å²) in [5.74, 6) is -1.49. The first-order valence-electron chi connectivity index (χ1n) is 9.06. The summed E-state index contributed by atoms with van der Waals surface area (Å²) in [6, 6.07) is 17.7. The molecular formula is C22H18FN3O3. The number of halogens is 1. The Bertz CT molecular complexity index is 1120. The highest BCUT2D eigenvalue weighted by Crippen LogP contribution is 2.33. The second-order valence-corrected chi connectivity index (χ2v) is 7.03. The Hall–Kier alpha value is -3.74. The topological polar surface area (TPSA) is 78.5 Å². The fourth-order valence-electron chi connectivity index (χ4n) is 3.56. The molecule has 0 radical (unpaired) electrons. The highest BCUT2D eigenvalue weighted by Gasteiger charge is 2.50. The minimum Gasteiger partial charge on any atom is -0.325 e. The summed E-state index contributed by atoms with van der Waals surface area (Å²) in [5.41, 5.74) is -0.246. The summed E-state index contributed by atoms with van der Waals surface area (Å²) in [6.45, 7) is 1.19. The average molecular weight is 391 g/mol. The first kappa shape index (κ1) is 18.6. The van der Waals surface area contributed by atoms with Crippen LogP contribution in [0.3, 0.4) is 0 Å². The average Bonchev–Trinajstić information content (AvgIpc) is 2.93. The molecule has 3 aromatic rings. The number of anilines is 1. The van der Waals surface area contributed by atoms with Crippen molar-refractivity contribution in [2.75, 3.05) is 11.9 Å². The lowest BCUT2D eigenvalue weighted by molar-refractivity contribution is -0.133. The van der Waals surface area contributed by atoms with E-state index in [1.165, 1.54) is 24.3 Å². The molecule has 0 aromatic heterocycles. The number of rotatable bonds is 4. The summed E-state index contributed by atoms with van der Waals surface area (Å²) in [5, 5.41) is 7.07. The third-order valence-electron chi connectivity index (χ3n) is 5.03. The molecule has 146 valence electrons. The van der Waals surface area contributed by atoms with Gasteiger partial charge in [-0.15, -0.1) is 0 Å². The van der Waals surface area contributed by atoms with E-state index >= 15 is 0 Å². The van der Waals surface area contributed by atoms with E-state index < -0.39 is 35.7 Å². The second kappa shape index (κ2) is 7.01. The molecule has 2 N–H and O–H groups in total. The number of imide groups is 1. The van der Waals surface area contributed by atoms with E-state index in [1.807, 2.05) is 36.4 Å². The first-order valence-corrected chi connectivity index (χ1v) is 9.06. The molecule has 0 spiro atoms. The van der Waals surface area contributed by atoms with Gasteiger partial charge >= 0.3 is 6.03 Å². The molecule has 1 heterocycles. The van der Waals surface area contributed by atoms with Gasteiger partial charge in [-0.1, -0.05) is 42.5 Å². The van der Waals surface area contributed by atoms with E-state index in [-0.39, 0.29) is 0 Å². The smallest absolute Gasteiger partial charge is 0.325 e. The Morgan fingerprint density at radius 3 is 2.48 bits per heavy atom. The van der Waals surface area contributed by atoms with Crippen molar-refractivity contribution in [3.63, 3.8) is 0 Å². The Labute approximate surface area is 166 Å². The van der Waals surface area contributed by atoms with Gasteiger partial charge in [-0.25, -0.2) is 9.18 Å². The van der Waals surface area contributed by atoms with Crippen molar-refractivity contribution in [1.82, 2.24) is 10.2 Å². The number of hydrogen-bond donors (Lipinski definition) is 2. The van der Waals surface area contributed by atoms with Gasteiger partial charge in [0.15, 0.2) is 0 Å². The number of hydrogen-bond acceptors (Lipinski definition) is 3. The maximum Gasteiger partial charge on any atom is 0.325 e. The molecule has 7 heteroatoms. The zero-order valence-electron chi connectivity index (χ0n) is 15.6. The molecule has 29 heavy (non-hydrogen) atoms. The molecule has 1 aliphatic rings. The molecule has 0 aliphatic carbocycles. The number of nitrogens with zero attached hydrogens (tertiary/aromatic N) is 1. The lowest BCUT2D eigenvalue weighted by atomic mass is 9.88. The van der Waals surface area contributed by atoms with Crippen LogP contribution in [0.4, 0.5) is 14.9 Å². The van der Waals surface area contributed by atoms with Crippen LogP contribution in [0.2, 0.25) is 0 Å². The van der Waals surface area contributed by atoms with E-state index in [1.54, 1.807) is 13.0 Å². The van der Waals surface area contributed by atoms with Crippen molar-refractivity contribution in [3.8, 4) is 0 Å². The number of carbonyl (C=O) groups excluding carboxylic acids is 3. The van der Waals surface area contributed by atoms with Gasteiger partial charge in [0.2, 0.25) is 5.91 Å². The molecule has 1 atom stereocenters. The Kier molecular flexibility index (Phi) is 4.50. The van der Waals surface area contributed by atoms with Crippen molar-refractivity contribution in [2.24, 2.45) is 0 Å². The van der Waals surface area contributed by atoms with Crippen LogP contribution in [0.5, 0.6) is 0 Å². The van der Waals surface area contributed by atoms with Crippen molar-refractivity contribution >= 4 is 34.3 Å². The minimum atomic E-state index is -1.28. The fraction of sp³-hybridized carbons (Fsp3) is 0.136. The van der Waals surface area contributed by atoms with Crippen LogP contribution in [-0.4, -0.2) is 29.3 Å². The number of amides is 4. The van der Waals surface area contributed by atoms with Crippen molar-refractivity contribution in [2.45, 2.75) is 12.5 Å². The molecule has 0 unspecified atom stereocenters. The van der Waals surface area contributed by atoms with Crippen LogP contribution < -0.4 is 10.6 Å². The summed E-state index contributed by atoms with van der Waals surface area (Å²) in [7, 11) is 0. The lowest BCUT2D eigenvalue weighted by Crippen LogP contribution is -2.42. The molecule has 0 saturated carbocycles. The van der Waals surface area contributed by atoms with E-state index in [0.29, 0.717) is 11.3 Å². The zero-order chi connectivity index (χ0) is 20.6. The number of nitrogens with one attached hydrogen (secondary N) is 2. The van der Waals surface area contributed by atoms with Gasteiger partial charge in [-0.05, 0) is 47.5 Å². The summed E-state index contributed by atoms with van der Waals surface area (Å²) in [4.78, 5) is 38.8. The highest BCUT2D eigenvalue weighted by molar-refractivity contribution is 6.11. The maximum atomic E-state index is 13.1. The van der Waals surface area contributed by atoms with Gasteiger partial charge in [0.25, 0.3) is 5.91 Å². The van der Waals surface area contributed by atoms with Gasteiger partial charge in [0.1, 0.15) is 17.9 Å². The predicted molar refractivity (Wildman–Crippen MR) is 107 cm³/mol. The molecule has 6 nitrogen and oxygen atoms in total. The number of fused-ring (bicyclic) bond motifs is 1. The zero-order valence-corrected chi connectivity index (χ0v) is 15.6. The van der Waals surface area contributed by atoms with Gasteiger partial charge < -0.3 is 10.6 Å². The maximum absolute atomic E-state index is 13.1. The molecule has 3 aromatic carbocycles. The van der Waals surface area contributed by atoms with Gasteiger partial charge in [-0.3, -0.25) is 14.5 Å². The van der Waals surface area contributed by atoms with Crippen LogP contribution >= 0.6 is 0 Å². The fourth-order valence-corrected chi connectivity index (χ4v) is 3.56. The quantitative estimate of drug-likeness (QED) is 0.669. The van der Waals surface area contributed by atoms with Crippen molar-refractivity contribution in [1.29, 1.82) is 0 Å². The first-order chi connectivity index (χ1) is 13.9. The normalized spacial score (nSPS) is 18.8. The summed E-state index contributed by atoms with van der Waals surface area (Å²) < 4.78 is 13.0. The summed E-state index contributed by atoms with van der Waals surface area (Å²) in [6.07, 6.45) is 0. The minimum absolute atomic E-state index is 0.375. The monoisotopic (exact) mass is 391 g/mol. The van der Waals surface area contributed by atoms with Crippen molar-refractivity contribution < 1.29 is 18.8 Å². The largest absolute Gasteiger partial charge is 0.325 e. The standard InChI is InChI=1S/C22H18FN3O3/c1-22(18-8-4-6-14-5-2-3-7-17(14)18)20(28)26(21(29)25-22)13-19(27)24-16-11-9-15(23)10-12-16/h2-12H,13H2,1H3,(H,24,27)(H,25,29)/t22-/m1/s1. The molecular weight excluding hydrogens is 373 g/mol. The summed E-state index contributed by atoms with van der Waals surface area (Å²) >= 11 is 0. The van der Waals surface area contributed by atoms with E-state index in [0.717, 1.165) is 15.7 Å². The Morgan fingerprint density at radius 1 is 1.03 bits per heavy atom. The molecule has 1 aliphatic heterocycles. The van der Waals surface area contributed by atoms with E-state index in [4.69, 9.17) is 0 Å². The van der Waals surface area contributed by atoms with Crippen LogP contribution in [-0.2, 0) is 15.1 Å². The lowest BCUT2D eigenvalue weighted by Gasteiger charge is -2.24. The van der Waals surface area contributed by atoms with E-state index in [9.17, 15) is 18.8 Å². The van der Waals surface area contributed by atoms with Gasteiger partial charge in [0, 0.05) is 5.69 Å². The third kappa shape index (κ3) is 3.31. The molecule has 1 fully saturated rings. The van der Waals surface area contributed by atoms with Gasteiger partial charge in [0.05, 0.1) is 0 Å². The number of benzene rings is 3.